The topological polar surface area (TPSA) is 80.4 Å². The summed E-state index contributed by atoms with van der Waals surface area (Å²) in [4.78, 5) is 21.9. The minimum atomic E-state index is -0.877. The number of carboxylic acids is 1. The molecule has 0 saturated carbocycles. The van der Waals surface area contributed by atoms with Gasteiger partial charge in [-0.25, -0.2) is 0 Å². The predicted octanol–water partition coefficient (Wildman–Crippen LogP) is 3.79. The highest BCUT2D eigenvalue weighted by atomic mass is 79.9. The predicted molar refractivity (Wildman–Crippen MR) is 75.2 cm³/mol. The number of nitro groups is 1. The van der Waals surface area contributed by atoms with Gasteiger partial charge in [0.2, 0.25) is 0 Å². The van der Waals surface area contributed by atoms with Crippen LogP contribution in [0.3, 0.4) is 0 Å². The molecule has 0 aliphatic carbocycles. The molecule has 0 aliphatic rings. The normalized spacial score (nSPS) is 11.3. The average Bonchev–Trinajstić information content (AvgIpc) is 2.37. The molecule has 0 atom stereocenters. The van der Waals surface area contributed by atoms with Crippen LogP contribution in [-0.4, -0.2) is 16.0 Å². The first-order chi connectivity index (χ1) is 8.88. The Morgan fingerprint density at radius 1 is 1.42 bits per heavy atom. The number of aliphatic carboxylic acids is 1. The lowest BCUT2D eigenvalue weighted by Crippen LogP contribution is -2.32. The Hall–Kier alpha value is -1.43. The lowest BCUT2D eigenvalue weighted by molar-refractivity contribution is -0.385. The van der Waals surface area contributed by atoms with E-state index in [1.54, 1.807) is 12.1 Å². The summed E-state index contributed by atoms with van der Waals surface area (Å²) in [5.41, 5.74) is -0.262. The third-order valence-electron chi connectivity index (χ3n) is 3.59. The Labute approximate surface area is 119 Å². The molecule has 1 N–H and O–H groups in total. The highest BCUT2D eigenvalue weighted by Crippen LogP contribution is 2.36. The van der Waals surface area contributed by atoms with Gasteiger partial charge in [0.25, 0.3) is 5.69 Å². The van der Waals surface area contributed by atoms with E-state index < -0.39 is 16.3 Å². The fourth-order valence-corrected chi connectivity index (χ4v) is 2.64. The molecule has 104 valence electrons. The third kappa shape index (κ3) is 3.12. The molecular formula is C13H16BrNO4. The molecule has 0 unspecified atom stereocenters. The van der Waals surface area contributed by atoms with E-state index in [4.69, 9.17) is 0 Å². The van der Waals surface area contributed by atoms with Gasteiger partial charge in [-0.3, -0.25) is 14.9 Å². The van der Waals surface area contributed by atoms with Crippen molar-refractivity contribution in [1.29, 1.82) is 0 Å². The first-order valence-electron chi connectivity index (χ1n) is 6.03. The maximum absolute atomic E-state index is 11.5. The van der Waals surface area contributed by atoms with Crippen LogP contribution in [0.15, 0.2) is 22.7 Å². The summed E-state index contributed by atoms with van der Waals surface area (Å²) in [5, 5.41) is 20.3. The molecule has 0 bridgehead atoms. The second-order valence-corrected chi connectivity index (χ2v) is 5.27. The number of carboxylic acid groups (broad SMARTS) is 1. The Morgan fingerprint density at radius 3 is 2.42 bits per heavy atom. The summed E-state index contributed by atoms with van der Waals surface area (Å²) < 4.78 is 0.368. The maximum atomic E-state index is 11.5. The van der Waals surface area contributed by atoms with Crippen molar-refractivity contribution in [2.45, 2.75) is 33.1 Å². The van der Waals surface area contributed by atoms with Crippen LogP contribution in [-0.2, 0) is 11.2 Å². The van der Waals surface area contributed by atoms with Crippen LogP contribution in [0.1, 0.15) is 32.3 Å². The highest BCUT2D eigenvalue weighted by molar-refractivity contribution is 9.10. The first-order valence-corrected chi connectivity index (χ1v) is 6.82. The second kappa shape index (κ2) is 6.14. The van der Waals surface area contributed by atoms with Crippen molar-refractivity contribution in [2.24, 2.45) is 5.41 Å². The maximum Gasteiger partial charge on any atom is 0.309 e. The lowest BCUT2D eigenvalue weighted by Gasteiger charge is -2.27. The summed E-state index contributed by atoms with van der Waals surface area (Å²) in [6, 6.07) is 4.70. The molecule has 0 amide bonds. The molecule has 0 heterocycles. The van der Waals surface area contributed by atoms with E-state index in [2.05, 4.69) is 15.9 Å². The quantitative estimate of drug-likeness (QED) is 0.635. The number of halogens is 1. The number of rotatable bonds is 6. The van der Waals surface area contributed by atoms with Crippen molar-refractivity contribution < 1.29 is 14.8 Å². The molecule has 1 rings (SSSR count). The standard InChI is InChI=1S/C13H16BrNO4/c1-3-13(4-2,12(16)17)8-9-6-5-7-10(11(9)14)15(18)19/h5-7H,3-4,8H2,1-2H3,(H,16,17). The number of benzene rings is 1. The average molecular weight is 330 g/mol. The van der Waals surface area contributed by atoms with E-state index in [0.29, 0.717) is 22.9 Å². The van der Waals surface area contributed by atoms with Gasteiger partial charge >= 0.3 is 5.97 Å². The van der Waals surface area contributed by atoms with Gasteiger partial charge < -0.3 is 5.11 Å². The van der Waals surface area contributed by atoms with Crippen LogP contribution in [0.2, 0.25) is 0 Å². The molecule has 1 aromatic carbocycles. The van der Waals surface area contributed by atoms with Crippen molar-refractivity contribution in [1.82, 2.24) is 0 Å². The first kappa shape index (κ1) is 15.6. The zero-order chi connectivity index (χ0) is 14.6. The summed E-state index contributed by atoms with van der Waals surface area (Å²) in [6.45, 7) is 3.64. The number of nitro benzene ring substituents is 1. The van der Waals surface area contributed by atoms with E-state index in [0.717, 1.165) is 0 Å². The van der Waals surface area contributed by atoms with E-state index in [1.165, 1.54) is 6.07 Å². The second-order valence-electron chi connectivity index (χ2n) is 4.48. The SMILES string of the molecule is CCC(CC)(Cc1cccc([N+](=O)[O-])c1Br)C(=O)O. The van der Waals surface area contributed by atoms with Crippen LogP contribution in [0.25, 0.3) is 0 Å². The molecule has 1 aromatic rings. The van der Waals surface area contributed by atoms with Gasteiger partial charge in [-0.2, -0.15) is 0 Å². The Bertz CT molecular complexity index is 497. The summed E-state index contributed by atoms with van der Waals surface area (Å²) in [6.07, 6.45) is 1.24. The molecule has 0 fully saturated rings. The van der Waals surface area contributed by atoms with Gasteiger partial charge in [0.05, 0.1) is 14.8 Å². The minimum absolute atomic E-state index is 0.0380. The van der Waals surface area contributed by atoms with Crippen molar-refractivity contribution in [3.8, 4) is 0 Å². The number of hydrogen-bond acceptors (Lipinski definition) is 3. The lowest BCUT2D eigenvalue weighted by atomic mass is 9.77. The number of carbonyl (C=O) groups is 1. The molecule has 0 spiro atoms. The summed E-state index contributed by atoms with van der Waals surface area (Å²) >= 11 is 3.21. The smallest absolute Gasteiger partial charge is 0.309 e. The van der Waals surface area contributed by atoms with Gasteiger partial charge in [0.15, 0.2) is 0 Å². The fourth-order valence-electron chi connectivity index (χ4n) is 2.09. The molecular weight excluding hydrogens is 314 g/mol. The van der Waals surface area contributed by atoms with Crippen molar-refractivity contribution in [3.05, 3.63) is 38.3 Å². The van der Waals surface area contributed by atoms with Gasteiger partial charge in [0.1, 0.15) is 0 Å². The van der Waals surface area contributed by atoms with E-state index in [1.807, 2.05) is 13.8 Å². The van der Waals surface area contributed by atoms with E-state index in [9.17, 15) is 20.0 Å². The molecule has 0 aromatic heterocycles. The highest BCUT2D eigenvalue weighted by Gasteiger charge is 2.36. The Kier molecular flexibility index (Phi) is 5.05. The molecule has 0 saturated heterocycles. The van der Waals surface area contributed by atoms with Crippen molar-refractivity contribution in [2.75, 3.05) is 0 Å². The van der Waals surface area contributed by atoms with E-state index in [-0.39, 0.29) is 12.1 Å². The zero-order valence-corrected chi connectivity index (χ0v) is 12.4. The molecule has 6 heteroatoms. The van der Waals surface area contributed by atoms with Crippen LogP contribution in [0.5, 0.6) is 0 Å². The monoisotopic (exact) mass is 329 g/mol. The van der Waals surface area contributed by atoms with Crippen LogP contribution in [0.4, 0.5) is 5.69 Å². The van der Waals surface area contributed by atoms with Crippen molar-refractivity contribution >= 4 is 27.6 Å². The molecule has 0 radical (unpaired) electrons. The third-order valence-corrected chi connectivity index (χ3v) is 4.51. The Morgan fingerprint density at radius 2 is 2.00 bits per heavy atom. The number of hydrogen-bond donors (Lipinski definition) is 1. The van der Waals surface area contributed by atoms with Crippen LogP contribution >= 0.6 is 15.9 Å². The van der Waals surface area contributed by atoms with E-state index >= 15 is 0 Å². The van der Waals surface area contributed by atoms with Gasteiger partial charge in [-0.05, 0) is 40.8 Å². The van der Waals surface area contributed by atoms with Crippen molar-refractivity contribution in [3.63, 3.8) is 0 Å². The number of nitrogens with zero attached hydrogens (tertiary/aromatic N) is 1. The molecule has 5 nitrogen and oxygen atoms in total. The fraction of sp³-hybridized carbons (Fsp3) is 0.462. The summed E-state index contributed by atoms with van der Waals surface area (Å²) in [5.74, 6) is -0.865. The van der Waals surface area contributed by atoms with Crippen LogP contribution in [0, 0.1) is 15.5 Å². The summed E-state index contributed by atoms with van der Waals surface area (Å²) in [7, 11) is 0. The van der Waals surface area contributed by atoms with Gasteiger partial charge in [-0.1, -0.05) is 26.0 Å². The molecule has 19 heavy (non-hydrogen) atoms. The minimum Gasteiger partial charge on any atom is -0.481 e. The molecule has 0 aliphatic heterocycles. The van der Waals surface area contributed by atoms with Crippen LogP contribution < -0.4 is 0 Å². The zero-order valence-electron chi connectivity index (χ0n) is 10.9. The Balaban J connectivity index is 3.21. The van der Waals surface area contributed by atoms with Gasteiger partial charge in [-0.15, -0.1) is 0 Å². The largest absolute Gasteiger partial charge is 0.481 e. The van der Waals surface area contributed by atoms with Gasteiger partial charge in [0, 0.05) is 6.07 Å².